The van der Waals surface area contributed by atoms with E-state index < -0.39 is 28.9 Å². The van der Waals surface area contributed by atoms with E-state index in [0.717, 1.165) is 11.8 Å². The second kappa shape index (κ2) is 9.08. The number of nitrogens with zero attached hydrogens (tertiary/aromatic N) is 4. The van der Waals surface area contributed by atoms with Crippen LogP contribution in [0, 0.1) is 6.92 Å². The van der Waals surface area contributed by atoms with Gasteiger partial charge >= 0.3 is 6.09 Å². The number of carbonyl (C=O) groups excluding carboxylic acids is 1. The lowest BCUT2D eigenvalue weighted by molar-refractivity contribution is 0.0928. The molecule has 3 rings (SSSR count). The molecule has 3 aromatic rings. The lowest BCUT2D eigenvalue weighted by Gasteiger charge is -2.16. The summed E-state index contributed by atoms with van der Waals surface area (Å²) in [6.07, 6.45) is 0.387. The number of aromatic nitrogens is 4. The summed E-state index contributed by atoms with van der Waals surface area (Å²) in [6.45, 7) is 0.972. The summed E-state index contributed by atoms with van der Waals surface area (Å²) in [5, 5.41) is 10.4. The second-order valence-electron chi connectivity index (χ2n) is 6.80. The first-order valence-corrected chi connectivity index (χ1v) is 11.0. The quantitative estimate of drug-likeness (QED) is 0.569. The fraction of sp³-hybridized carbons (Fsp3) is 0.263. The number of rotatable bonds is 7. The van der Waals surface area contributed by atoms with Crippen LogP contribution in [0.3, 0.4) is 0 Å². The number of halogens is 1. The Kier molecular flexibility index (Phi) is 6.49. The van der Waals surface area contributed by atoms with E-state index in [0.29, 0.717) is 11.3 Å². The van der Waals surface area contributed by atoms with E-state index in [1.807, 2.05) is 13.0 Å². The number of hydrogen-bond acceptors (Lipinski definition) is 7. The third kappa shape index (κ3) is 5.75. The van der Waals surface area contributed by atoms with Crippen LogP contribution < -0.4 is 10.0 Å². The van der Waals surface area contributed by atoms with Crippen molar-refractivity contribution in [3.8, 4) is 11.4 Å². The van der Waals surface area contributed by atoms with Crippen LogP contribution in [-0.4, -0.2) is 47.4 Å². The van der Waals surface area contributed by atoms with Crippen LogP contribution in [0.15, 0.2) is 42.6 Å². The number of pyridine rings is 1. The standard InChI is InChI=1S/C19H21FN6O4S/c1-12-5-4-6-13(9-12)16(10-20)30-19(27)22-18-17(23-25-26(18)2)15-8-7-14(11-21-15)24-31(3,28)29/h4-9,11,16,24H,10H2,1-3H3,(H,22,27)/t16-/m1/s1. The van der Waals surface area contributed by atoms with Crippen molar-refractivity contribution in [1.29, 1.82) is 0 Å². The van der Waals surface area contributed by atoms with Crippen LogP contribution in [0.25, 0.3) is 11.4 Å². The lowest BCUT2D eigenvalue weighted by atomic mass is 10.1. The molecule has 12 heteroatoms. The van der Waals surface area contributed by atoms with Gasteiger partial charge in [0.05, 0.1) is 23.8 Å². The first kappa shape index (κ1) is 22.2. The molecule has 2 aromatic heterocycles. The van der Waals surface area contributed by atoms with Crippen molar-refractivity contribution in [2.75, 3.05) is 23.0 Å². The Morgan fingerprint density at radius 3 is 2.68 bits per heavy atom. The van der Waals surface area contributed by atoms with Gasteiger partial charge in [-0.1, -0.05) is 35.0 Å². The van der Waals surface area contributed by atoms with Crippen LogP contribution >= 0.6 is 0 Å². The van der Waals surface area contributed by atoms with E-state index in [1.54, 1.807) is 25.2 Å². The SMILES string of the molecule is Cc1cccc([C@@H](CF)OC(=O)Nc2c(-c3ccc(NS(C)(=O)=O)cn3)nnn2C)c1. The molecule has 0 aliphatic rings. The lowest BCUT2D eigenvalue weighted by Crippen LogP contribution is -2.20. The van der Waals surface area contributed by atoms with Gasteiger partial charge in [-0.3, -0.25) is 15.0 Å². The molecule has 1 atom stereocenters. The average molecular weight is 448 g/mol. The van der Waals surface area contributed by atoms with E-state index in [-0.39, 0.29) is 17.2 Å². The smallest absolute Gasteiger partial charge is 0.413 e. The molecule has 0 bridgehead atoms. The van der Waals surface area contributed by atoms with Crippen LogP contribution in [-0.2, 0) is 21.8 Å². The Bertz CT molecular complexity index is 1180. The molecule has 0 saturated heterocycles. The number of anilines is 2. The van der Waals surface area contributed by atoms with Crippen molar-refractivity contribution >= 4 is 27.6 Å². The molecule has 10 nitrogen and oxygen atoms in total. The highest BCUT2D eigenvalue weighted by Crippen LogP contribution is 2.26. The van der Waals surface area contributed by atoms with Crippen molar-refractivity contribution in [2.45, 2.75) is 13.0 Å². The zero-order chi connectivity index (χ0) is 22.6. The molecule has 164 valence electrons. The number of nitrogens with one attached hydrogen (secondary N) is 2. The number of alkyl halides is 1. The van der Waals surface area contributed by atoms with Crippen LogP contribution in [0.2, 0.25) is 0 Å². The van der Waals surface area contributed by atoms with Gasteiger partial charge in [-0.05, 0) is 24.6 Å². The van der Waals surface area contributed by atoms with Gasteiger partial charge in [0.25, 0.3) is 0 Å². The molecule has 0 fully saturated rings. The highest BCUT2D eigenvalue weighted by atomic mass is 32.2. The molecule has 1 amide bonds. The van der Waals surface area contributed by atoms with E-state index in [9.17, 15) is 17.6 Å². The molecule has 0 spiro atoms. The minimum Gasteiger partial charge on any atom is -0.438 e. The highest BCUT2D eigenvalue weighted by molar-refractivity contribution is 7.92. The van der Waals surface area contributed by atoms with Crippen molar-refractivity contribution in [2.24, 2.45) is 7.05 Å². The van der Waals surface area contributed by atoms with Gasteiger partial charge in [-0.2, -0.15) is 0 Å². The molecular formula is C19H21FN6O4S. The molecule has 0 aliphatic heterocycles. The second-order valence-corrected chi connectivity index (χ2v) is 8.55. The molecule has 1 aromatic carbocycles. The molecule has 31 heavy (non-hydrogen) atoms. The predicted octanol–water partition coefficient (Wildman–Crippen LogP) is 2.82. The van der Waals surface area contributed by atoms with Crippen LogP contribution in [0.4, 0.5) is 20.7 Å². The average Bonchev–Trinajstić information content (AvgIpc) is 3.06. The maximum Gasteiger partial charge on any atom is 0.413 e. The van der Waals surface area contributed by atoms with Gasteiger partial charge in [0.15, 0.2) is 17.6 Å². The molecule has 0 saturated carbocycles. The maximum absolute atomic E-state index is 13.5. The zero-order valence-electron chi connectivity index (χ0n) is 17.0. The summed E-state index contributed by atoms with van der Waals surface area (Å²) >= 11 is 0. The minimum atomic E-state index is -3.44. The van der Waals surface area contributed by atoms with E-state index in [4.69, 9.17) is 4.74 Å². The maximum atomic E-state index is 13.5. The number of ether oxygens (including phenoxy) is 1. The Labute approximate surface area is 178 Å². The molecule has 0 aliphatic carbocycles. The van der Waals surface area contributed by atoms with E-state index in [2.05, 4.69) is 25.3 Å². The summed E-state index contributed by atoms with van der Waals surface area (Å²) in [6, 6.07) is 10.0. The first-order chi connectivity index (χ1) is 14.7. The number of amides is 1. The molecule has 0 unspecified atom stereocenters. The number of carbonyl (C=O) groups is 1. The summed E-state index contributed by atoms with van der Waals surface area (Å²) in [4.78, 5) is 16.6. The normalized spacial score (nSPS) is 12.3. The first-order valence-electron chi connectivity index (χ1n) is 9.10. The highest BCUT2D eigenvalue weighted by Gasteiger charge is 2.21. The molecule has 2 N–H and O–H groups in total. The molecule has 2 heterocycles. The van der Waals surface area contributed by atoms with Gasteiger partial charge in [-0.25, -0.2) is 22.3 Å². The van der Waals surface area contributed by atoms with Gasteiger partial charge < -0.3 is 4.74 Å². The largest absolute Gasteiger partial charge is 0.438 e. The van der Waals surface area contributed by atoms with Crippen LogP contribution in [0.1, 0.15) is 17.2 Å². The summed E-state index contributed by atoms with van der Waals surface area (Å²) in [5.74, 6) is 0.183. The minimum absolute atomic E-state index is 0.183. The summed E-state index contributed by atoms with van der Waals surface area (Å²) < 4.78 is 45.0. The van der Waals surface area contributed by atoms with Crippen molar-refractivity contribution in [3.05, 3.63) is 53.7 Å². The monoisotopic (exact) mass is 448 g/mol. The van der Waals surface area contributed by atoms with Gasteiger partial charge in [0, 0.05) is 7.05 Å². The van der Waals surface area contributed by atoms with Gasteiger partial charge in [0.2, 0.25) is 10.0 Å². The molecule has 0 radical (unpaired) electrons. The Hall–Kier alpha value is -3.54. The summed E-state index contributed by atoms with van der Waals surface area (Å²) in [5.41, 5.74) is 2.29. The van der Waals surface area contributed by atoms with Gasteiger partial charge in [-0.15, -0.1) is 5.10 Å². The number of hydrogen-bond donors (Lipinski definition) is 2. The topological polar surface area (TPSA) is 128 Å². The Balaban J connectivity index is 1.77. The predicted molar refractivity (Wildman–Crippen MR) is 113 cm³/mol. The zero-order valence-corrected chi connectivity index (χ0v) is 17.9. The van der Waals surface area contributed by atoms with Crippen LogP contribution in [0.5, 0.6) is 0 Å². The van der Waals surface area contributed by atoms with Crippen molar-refractivity contribution in [1.82, 2.24) is 20.0 Å². The number of sulfonamides is 1. The Morgan fingerprint density at radius 2 is 2.06 bits per heavy atom. The van der Waals surface area contributed by atoms with E-state index >= 15 is 0 Å². The number of benzene rings is 1. The third-order valence-electron chi connectivity index (χ3n) is 4.16. The fourth-order valence-electron chi connectivity index (χ4n) is 2.79. The van der Waals surface area contributed by atoms with Gasteiger partial charge in [0.1, 0.15) is 6.67 Å². The Morgan fingerprint density at radius 1 is 1.29 bits per heavy atom. The van der Waals surface area contributed by atoms with Crippen molar-refractivity contribution < 1.29 is 22.3 Å². The van der Waals surface area contributed by atoms with E-state index in [1.165, 1.54) is 23.0 Å². The molecular weight excluding hydrogens is 427 g/mol. The van der Waals surface area contributed by atoms with Crippen molar-refractivity contribution in [3.63, 3.8) is 0 Å². The number of aryl methyl sites for hydroxylation is 2. The third-order valence-corrected chi connectivity index (χ3v) is 4.77. The summed E-state index contributed by atoms with van der Waals surface area (Å²) in [7, 11) is -1.89. The fourth-order valence-corrected chi connectivity index (χ4v) is 3.34.